The van der Waals surface area contributed by atoms with Gasteiger partial charge in [-0.2, -0.15) is 0 Å². The van der Waals surface area contributed by atoms with Crippen molar-refractivity contribution in [1.82, 2.24) is 8.80 Å². The number of hydrogen-bond acceptors (Lipinski definition) is 1. The molecule has 0 aliphatic carbocycles. The Labute approximate surface area is 334 Å². The standard InChI is InChI=1S/C54H49N3/c1-52(2,3)32-20-24-44-39(26-32)40-28-34(54(7,8)9)29-43-48-47(57(44)50(40)43)31-41-38-23-22-37(55(35-16-12-10-13-17-35)36-18-14-11-15-19-36)30-46(38)56-45-25-21-33(53(4,5)6)27-42(45)49(48)51(41)56/h10-31H,1-9H3. The molecule has 4 heterocycles. The first-order chi connectivity index (χ1) is 27.2. The van der Waals surface area contributed by atoms with Crippen molar-refractivity contribution in [2.75, 3.05) is 4.90 Å². The maximum Gasteiger partial charge on any atom is 0.0628 e. The van der Waals surface area contributed by atoms with Crippen LogP contribution in [0.25, 0.3) is 76.2 Å². The maximum absolute atomic E-state index is 2.60. The van der Waals surface area contributed by atoms with Crippen LogP contribution >= 0.6 is 0 Å². The first-order valence-electron chi connectivity index (χ1n) is 20.5. The van der Waals surface area contributed by atoms with Gasteiger partial charge in [0.2, 0.25) is 0 Å². The van der Waals surface area contributed by atoms with Gasteiger partial charge in [0.05, 0.1) is 33.1 Å². The second kappa shape index (κ2) is 11.3. The van der Waals surface area contributed by atoms with Gasteiger partial charge in [-0.1, -0.05) is 117 Å². The summed E-state index contributed by atoms with van der Waals surface area (Å²) in [5.74, 6) is 0. The topological polar surface area (TPSA) is 12.1 Å². The largest absolute Gasteiger partial charge is 0.310 e. The average Bonchev–Trinajstić information content (AvgIpc) is 3.90. The maximum atomic E-state index is 2.60. The van der Waals surface area contributed by atoms with E-state index in [0.29, 0.717) is 0 Å². The molecule has 0 amide bonds. The zero-order chi connectivity index (χ0) is 39.3. The average molecular weight is 740 g/mol. The summed E-state index contributed by atoms with van der Waals surface area (Å²) in [4.78, 5) is 2.38. The van der Waals surface area contributed by atoms with Crippen molar-refractivity contribution in [1.29, 1.82) is 0 Å². The number of rotatable bonds is 3. The summed E-state index contributed by atoms with van der Waals surface area (Å²) < 4.78 is 5.17. The second-order valence-corrected chi connectivity index (χ2v) is 19.6. The molecule has 0 unspecified atom stereocenters. The van der Waals surface area contributed by atoms with Crippen LogP contribution in [0, 0.1) is 0 Å². The third-order valence-corrected chi connectivity index (χ3v) is 12.8. The molecule has 0 N–H and O–H groups in total. The molecule has 3 heteroatoms. The van der Waals surface area contributed by atoms with E-state index in [1.165, 1.54) is 92.9 Å². The van der Waals surface area contributed by atoms with Gasteiger partial charge in [0, 0.05) is 60.2 Å². The van der Waals surface area contributed by atoms with Crippen molar-refractivity contribution < 1.29 is 0 Å². The van der Waals surface area contributed by atoms with Gasteiger partial charge in [0.1, 0.15) is 0 Å². The highest BCUT2D eigenvalue weighted by atomic mass is 15.1. The lowest BCUT2D eigenvalue weighted by Crippen LogP contribution is -2.11. The summed E-state index contributed by atoms with van der Waals surface area (Å²) in [6.07, 6.45) is 0. The molecule has 0 saturated heterocycles. The minimum atomic E-state index is -0.0139. The number of para-hydroxylation sites is 2. The van der Waals surface area contributed by atoms with E-state index < -0.39 is 0 Å². The van der Waals surface area contributed by atoms with Crippen LogP contribution < -0.4 is 4.90 Å². The number of hydrogen-bond donors (Lipinski definition) is 0. The summed E-state index contributed by atoms with van der Waals surface area (Å²) in [6.45, 7) is 21.0. The van der Waals surface area contributed by atoms with E-state index in [0.717, 1.165) is 17.1 Å². The third kappa shape index (κ3) is 4.78. The van der Waals surface area contributed by atoms with Gasteiger partial charge < -0.3 is 13.7 Å². The normalized spacial score (nSPS) is 13.4. The van der Waals surface area contributed by atoms with Crippen LogP contribution in [0.5, 0.6) is 0 Å². The van der Waals surface area contributed by atoms with Crippen LogP contribution in [0.15, 0.2) is 133 Å². The van der Waals surface area contributed by atoms with Crippen LogP contribution in [0.1, 0.15) is 79.0 Å². The Morgan fingerprint density at radius 1 is 0.333 bits per heavy atom. The van der Waals surface area contributed by atoms with Crippen molar-refractivity contribution in [3.63, 3.8) is 0 Å². The predicted molar refractivity (Wildman–Crippen MR) is 247 cm³/mol. The predicted octanol–water partition coefficient (Wildman–Crippen LogP) is 15.3. The molecule has 0 saturated carbocycles. The van der Waals surface area contributed by atoms with Crippen molar-refractivity contribution in [2.45, 2.75) is 78.6 Å². The quantitative estimate of drug-likeness (QED) is 0.176. The van der Waals surface area contributed by atoms with E-state index in [4.69, 9.17) is 0 Å². The zero-order valence-corrected chi connectivity index (χ0v) is 34.5. The minimum absolute atomic E-state index is 0.0100. The van der Waals surface area contributed by atoms with Crippen molar-refractivity contribution in [3.8, 4) is 0 Å². The number of nitrogens with zero attached hydrogens (tertiary/aromatic N) is 3. The summed E-state index contributed by atoms with van der Waals surface area (Å²) in [5.41, 5.74) is 15.3. The summed E-state index contributed by atoms with van der Waals surface area (Å²) in [7, 11) is 0. The van der Waals surface area contributed by atoms with Crippen LogP contribution in [0.2, 0.25) is 0 Å². The molecular weight excluding hydrogens is 691 g/mol. The first kappa shape index (κ1) is 34.2. The number of benzene rings is 7. The van der Waals surface area contributed by atoms with Crippen LogP contribution in [-0.2, 0) is 16.2 Å². The van der Waals surface area contributed by atoms with Crippen molar-refractivity contribution >= 4 is 93.3 Å². The Morgan fingerprint density at radius 3 is 1.44 bits per heavy atom. The molecule has 280 valence electrons. The Hall–Kier alpha value is -6.06. The molecule has 0 radical (unpaired) electrons. The van der Waals surface area contributed by atoms with Crippen molar-refractivity contribution in [3.05, 3.63) is 150 Å². The molecule has 0 atom stereocenters. The highest BCUT2D eigenvalue weighted by molar-refractivity contribution is 6.38. The van der Waals surface area contributed by atoms with E-state index in [2.05, 4.69) is 209 Å². The Balaban J connectivity index is 1.34. The van der Waals surface area contributed by atoms with Gasteiger partial charge in [-0.05, 0) is 112 Å². The fraction of sp³-hybridized carbons (Fsp3) is 0.222. The molecule has 0 fully saturated rings. The van der Waals surface area contributed by atoms with Gasteiger partial charge >= 0.3 is 0 Å². The lowest BCUT2D eigenvalue weighted by atomic mass is 9.84. The van der Waals surface area contributed by atoms with Crippen molar-refractivity contribution in [2.24, 2.45) is 0 Å². The first-order valence-corrected chi connectivity index (χ1v) is 20.5. The lowest BCUT2D eigenvalue weighted by Gasteiger charge is -2.25. The minimum Gasteiger partial charge on any atom is -0.310 e. The number of aromatic nitrogens is 2. The molecule has 0 aliphatic heterocycles. The summed E-state index contributed by atoms with van der Waals surface area (Å²) in [6, 6.07) is 50.6. The van der Waals surface area contributed by atoms with Gasteiger partial charge in [-0.25, -0.2) is 0 Å². The fourth-order valence-electron chi connectivity index (χ4n) is 9.74. The van der Waals surface area contributed by atoms with Crippen LogP contribution in [-0.4, -0.2) is 8.80 Å². The van der Waals surface area contributed by atoms with Gasteiger partial charge in [-0.15, -0.1) is 0 Å². The molecule has 4 aromatic heterocycles. The molecule has 3 nitrogen and oxygen atoms in total. The van der Waals surface area contributed by atoms with Gasteiger partial charge in [-0.3, -0.25) is 0 Å². The molecular formula is C54H49N3. The number of fused-ring (bicyclic) bond motifs is 13. The lowest BCUT2D eigenvalue weighted by molar-refractivity contribution is 0.590. The molecule has 11 rings (SSSR count). The molecule has 0 spiro atoms. The highest BCUT2D eigenvalue weighted by Gasteiger charge is 2.29. The molecule has 57 heavy (non-hydrogen) atoms. The molecule has 0 bridgehead atoms. The van der Waals surface area contributed by atoms with Crippen LogP contribution in [0.4, 0.5) is 17.1 Å². The van der Waals surface area contributed by atoms with E-state index in [9.17, 15) is 0 Å². The van der Waals surface area contributed by atoms with E-state index in [-0.39, 0.29) is 16.2 Å². The smallest absolute Gasteiger partial charge is 0.0628 e. The summed E-state index contributed by atoms with van der Waals surface area (Å²) >= 11 is 0. The van der Waals surface area contributed by atoms with Crippen LogP contribution in [0.3, 0.4) is 0 Å². The fourth-order valence-corrected chi connectivity index (χ4v) is 9.74. The highest BCUT2D eigenvalue weighted by Crippen LogP contribution is 2.51. The molecule has 11 aromatic rings. The molecule has 0 aliphatic rings. The Bertz CT molecular complexity index is 3340. The number of anilines is 3. The van der Waals surface area contributed by atoms with Gasteiger partial charge in [0.25, 0.3) is 0 Å². The monoisotopic (exact) mass is 739 g/mol. The van der Waals surface area contributed by atoms with E-state index >= 15 is 0 Å². The van der Waals surface area contributed by atoms with Gasteiger partial charge in [0.15, 0.2) is 0 Å². The van der Waals surface area contributed by atoms with E-state index in [1.54, 1.807) is 0 Å². The SMILES string of the molecule is CC(C)(C)c1ccc2c(c1)c1cc(C(C)(C)C)cc3c4c5c6cc(C(C)(C)C)ccc6n6c7cc(N(c8ccccc8)c8ccccc8)ccc7c(cc4n2c13)c56. The third-order valence-electron chi connectivity index (χ3n) is 12.8. The second-order valence-electron chi connectivity index (χ2n) is 19.6. The Kier molecular flexibility index (Phi) is 6.77. The zero-order valence-electron chi connectivity index (χ0n) is 34.5. The van der Waals surface area contributed by atoms with E-state index in [1.807, 2.05) is 0 Å². The Morgan fingerprint density at radius 2 is 0.842 bits per heavy atom. The summed E-state index contributed by atoms with van der Waals surface area (Å²) in [5, 5.41) is 10.7. The molecule has 7 aromatic carbocycles.